The van der Waals surface area contributed by atoms with E-state index >= 15 is 0 Å². The molecule has 0 bridgehead atoms. The van der Waals surface area contributed by atoms with E-state index in [1.54, 1.807) is 0 Å². The van der Waals surface area contributed by atoms with Crippen molar-refractivity contribution in [3.63, 3.8) is 0 Å². The minimum absolute atomic E-state index is 0.582. The molecule has 11 aromatic rings. The molecule has 6 heteroatoms. The summed E-state index contributed by atoms with van der Waals surface area (Å²) < 4.78 is 4.75. The van der Waals surface area contributed by atoms with Gasteiger partial charge in [0, 0.05) is 49.8 Å². The molecule has 0 fully saturated rings. The lowest BCUT2D eigenvalue weighted by Gasteiger charge is -2.10. The molecule has 5 heterocycles. The fourth-order valence-electron chi connectivity index (χ4n) is 7.80. The first-order chi connectivity index (χ1) is 24.8. The van der Waals surface area contributed by atoms with Gasteiger partial charge in [0.05, 0.1) is 27.6 Å². The summed E-state index contributed by atoms with van der Waals surface area (Å²) >= 11 is 0. The fourth-order valence-corrected chi connectivity index (χ4v) is 7.80. The van der Waals surface area contributed by atoms with E-state index in [1.807, 2.05) is 66.9 Å². The molecule has 0 atom stereocenters. The first kappa shape index (κ1) is 27.1. The number of para-hydroxylation sites is 2. The van der Waals surface area contributed by atoms with Crippen molar-refractivity contribution in [1.82, 2.24) is 28.9 Å². The van der Waals surface area contributed by atoms with Crippen LogP contribution in [-0.4, -0.2) is 28.9 Å². The minimum Gasteiger partial charge on any atom is -0.308 e. The lowest BCUT2D eigenvalue weighted by molar-refractivity contribution is 1.05. The molecule has 0 aliphatic heterocycles. The van der Waals surface area contributed by atoms with Gasteiger partial charge < -0.3 is 4.40 Å². The Morgan fingerprint density at radius 3 is 1.54 bits per heavy atom. The summed E-state index contributed by atoms with van der Waals surface area (Å²) in [6, 6.07) is 52.9. The van der Waals surface area contributed by atoms with Crippen LogP contribution in [0.4, 0.5) is 0 Å². The molecular weight excluding hydrogens is 613 g/mol. The van der Waals surface area contributed by atoms with E-state index in [0.717, 1.165) is 33.5 Å². The monoisotopic (exact) mass is 638 g/mol. The van der Waals surface area contributed by atoms with Gasteiger partial charge in [-0.05, 0) is 41.8 Å². The minimum atomic E-state index is 0.582. The van der Waals surface area contributed by atoms with E-state index in [2.05, 4.69) is 100.0 Å². The van der Waals surface area contributed by atoms with Gasteiger partial charge in [-0.15, -0.1) is 0 Å². The van der Waals surface area contributed by atoms with Crippen LogP contribution < -0.4 is 0 Å². The normalized spacial score (nSPS) is 12.0. The van der Waals surface area contributed by atoms with Crippen LogP contribution in [0.15, 0.2) is 158 Å². The number of rotatable bonds is 4. The molecule has 5 aromatic heterocycles. The van der Waals surface area contributed by atoms with Gasteiger partial charge in [-0.3, -0.25) is 4.57 Å². The van der Waals surface area contributed by atoms with Gasteiger partial charge in [-0.25, -0.2) is 19.9 Å². The summed E-state index contributed by atoms with van der Waals surface area (Å²) in [5.41, 5.74) is 8.58. The Hall–Kier alpha value is -6.92. The van der Waals surface area contributed by atoms with Crippen molar-refractivity contribution in [3.8, 4) is 40.0 Å². The lowest BCUT2D eigenvalue weighted by Crippen LogP contribution is -2.01. The summed E-state index contributed by atoms with van der Waals surface area (Å²) in [5, 5.41) is 7.43. The van der Waals surface area contributed by atoms with Crippen molar-refractivity contribution < 1.29 is 0 Å². The maximum atomic E-state index is 5.10. The van der Waals surface area contributed by atoms with E-state index in [0.29, 0.717) is 17.5 Å². The SMILES string of the molecule is c1ccc(-c2nc(-c3ccccc3)nc(-c3ccc(-n4c5cccc6c7ccccc7n7c8ccccc8c8ccc4c(c65)c87)nc3)n2)cc1. The molecule has 0 N–H and O–H groups in total. The second-order valence-electron chi connectivity index (χ2n) is 12.7. The molecule has 232 valence electrons. The molecule has 6 aromatic carbocycles. The van der Waals surface area contributed by atoms with E-state index in [4.69, 9.17) is 19.9 Å². The predicted molar refractivity (Wildman–Crippen MR) is 203 cm³/mol. The predicted octanol–water partition coefficient (Wildman–Crippen LogP) is 10.5. The van der Waals surface area contributed by atoms with Gasteiger partial charge in [0.15, 0.2) is 17.5 Å². The molecular formula is C44H26N6. The summed E-state index contributed by atoms with van der Waals surface area (Å²) in [6.45, 7) is 0. The summed E-state index contributed by atoms with van der Waals surface area (Å²) in [4.78, 5) is 19.8. The van der Waals surface area contributed by atoms with Crippen molar-refractivity contribution in [2.75, 3.05) is 0 Å². The first-order valence-electron chi connectivity index (χ1n) is 16.7. The molecule has 0 aliphatic carbocycles. The summed E-state index contributed by atoms with van der Waals surface area (Å²) in [6.07, 6.45) is 1.88. The van der Waals surface area contributed by atoms with Crippen LogP contribution in [0.5, 0.6) is 0 Å². The Bertz CT molecular complexity index is 3010. The maximum absolute atomic E-state index is 5.10. The number of hydrogen-bond acceptors (Lipinski definition) is 4. The third-order valence-electron chi connectivity index (χ3n) is 9.96. The van der Waals surface area contributed by atoms with Crippen molar-refractivity contribution in [3.05, 3.63) is 158 Å². The van der Waals surface area contributed by atoms with E-state index in [1.165, 1.54) is 48.9 Å². The molecule has 50 heavy (non-hydrogen) atoms. The van der Waals surface area contributed by atoms with Crippen molar-refractivity contribution in [2.45, 2.75) is 0 Å². The van der Waals surface area contributed by atoms with Crippen molar-refractivity contribution >= 4 is 59.9 Å². The number of pyridine rings is 1. The standard InChI is InChI=1S/C44H26N6/c1-3-12-27(13-4-1)42-46-43(28-14-5-2-6-15-28)48-44(47-42)29-22-25-38(45-26-29)49-36-21-11-18-32-30-16-7-9-19-34(30)50-35-20-10-8-17-31(35)33-23-24-37(49)40(39(32)36)41(33)50/h1-26H. The molecule has 0 saturated carbocycles. The number of benzene rings is 6. The van der Waals surface area contributed by atoms with Gasteiger partial charge in [-0.2, -0.15) is 0 Å². The Balaban J connectivity index is 1.16. The zero-order valence-corrected chi connectivity index (χ0v) is 26.7. The molecule has 0 unspecified atom stereocenters. The quantitative estimate of drug-likeness (QED) is 0.192. The number of aromatic nitrogens is 6. The Morgan fingerprint density at radius 2 is 0.900 bits per heavy atom. The van der Waals surface area contributed by atoms with Crippen LogP contribution in [0.2, 0.25) is 0 Å². The fraction of sp³-hybridized carbons (Fsp3) is 0. The first-order valence-corrected chi connectivity index (χ1v) is 16.7. The zero-order chi connectivity index (χ0) is 32.8. The second kappa shape index (κ2) is 10.3. The van der Waals surface area contributed by atoms with Gasteiger partial charge in [0.2, 0.25) is 0 Å². The number of hydrogen-bond donors (Lipinski definition) is 0. The third-order valence-corrected chi connectivity index (χ3v) is 9.96. The highest BCUT2D eigenvalue weighted by atomic mass is 15.1. The van der Waals surface area contributed by atoms with Crippen molar-refractivity contribution in [2.24, 2.45) is 0 Å². The average molecular weight is 639 g/mol. The Labute approximate surface area is 285 Å². The van der Waals surface area contributed by atoms with Crippen molar-refractivity contribution in [1.29, 1.82) is 0 Å². The molecule has 6 nitrogen and oxygen atoms in total. The Kier molecular flexibility index (Phi) is 5.57. The topological polar surface area (TPSA) is 60.9 Å². The van der Waals surface area contributed by atoms with E-state index in [-0.39, 0.29) is 0 Å². The van der Waals surface area contributed by atoms with Gasteiger partial charge in [0.1, 0.15) is 5.82 Å². The second-order valence-corrected chi connectivity index (χ2v) is 12.7. The highest BCUT2D eigenvalue weighted by Gasteiger charge is 2.23. The lowest BCUT2D eigenvalue weighted by atomic mass is 10.0. The van der Waals surface area contributed by atoms with E-state index in [9.17, 15) is 0 Å². The smallest absolute Gasteiger partial charge is 0.165 e. The summed E-state index contributed by atoms with van der Waals surface area (Å²) in [7, 11) is 0. The maximum Gasteiger partial charge on any atom is 0.165 e. The van der Waals surface area contributed by atoms with Crippen LogP contribution in [0.3, 0.4) is 0 Å². The molecule has 0 aliphatic rings. The van der Waals surface area contributed by atoms with Crippen LogP contribution >= 0.6 is 0 Å². The van der Waals surface area contributed by atoms with Crippen LogP contribution in [0, 0.1) is 0 Å². The molecule has 0 amide bonds. The highest BCUT2D eigenvalue weighted by molar-refractivity contribution is 6.33. The molecule has 11 rings (SSSR count). The van der Waals surface area contributed by atoms with E-state index < -0.39 is 0 Å². The van der Waals surface area contributed by atoms with Gasteiger partial charge in [0.25, 0.3) is 0 Å². The van der Waals surface area contributed by atoms with Crippen LogP contribution in [0.1, 0.15) is 0 Å². The number of nitrogens with zero attached hydrogens (tertiary/aromatic N) is 6. The average Bonchev–Trinajstić information content (AvgIpc) is 3.67. The number of fused-ring (bicyclic) bond motifs is 6. The van der Waals surface area contributed by atoms with Gasteiger partial charge >= 0.3 is 0 Å². The van der Waals surface area contributed by atoms with Crippen LogP contribution in [-0.2, 0) is 0 Å². The molecule has 0 saturated heterocycles. The third kappa shape index (κ3) is 3.78. The Morgan fingerprint density at radius 1 is 0.360 bits per heavy atom. The summed E-state index contributed by atoms with van der Waals surface area (Å²) in [5.74, 6) is 2.67. The zero-order valence-electron chi connectivity index (χ0n) is 26.7. The van der Waals surface area contributed by atoms with Gasteiger partial charge in [-0.1, -0.05) is 115 Å². The largest absolute Gasteiger partial charge is 0.308 e. The highest BCUT2D eigenvalue weighted by Crippen LogP contribution is 2.45. The molecule has 0 radical (unpaired) electrons. The molecule has 0 spiro atoms. The van der Waals surface area contributed by atoms with Crippen LogP contribution in [0.25, 0.3) is 99.9 Å².